The number of hydrogen-bond acceptors (Lipinski definition) is 5. The average molecular weight is 328 g/mol. The van der Waals surface area contributed by atoms with Gasteiger partial charge in [-0.2, -0.15) is 0 Å². The van der Waals surface area contributed by atoms with Crippen LogP contribution in [-0.4, -0.2) is 32.5 Å². The summed E-state index contributed by atoms with van der Waals surface area (Å²) in [5.74, 6) is 0. The first-order valence-electron chi connectivity index (χ1n) is 8.37. The van der Waals surface area contributed by atoms with Crippen molar-refractivity contribution in [2.45, 2.75) is 19.7 Å². The fourth-order valence-electron chi connectivity index (χ4n) is 2.78. The Balaban J connectivity index is 1.52. The lowest BCUT2D eigenvalue weighted by atomic mass is 10.2. The molecule has 24 heavy (non-hydrogen) atoms. The maximum atomic E-state index is 5.50. The fourth-order valence-corrected chi connectivity index (χ4v) is 2.78. The van der Waals surface area contributed by atoms with Gasteiger partial charge in [0.25, 0.3) is 0 Å². The quantitative estimate of drug-likeness (QED) is 0.434. The van der Waals surface area contributed by atoms with Gasteiger partial charge in [-0.15, -0.1) is 0 Å². The van der Waals surface area contributed by atoms with Gasteiger partial charge in [-0.05, 0) is 24.6 Å². The van der Waals surface area contributed by atoms with Crippen molar-refractivity contribution in [2.75, 3.05) is 36.6 Å². The van der Waals surface area contributed by atoms with E-state index in [0.717, 1.165) is 24.4 Å². The summed E-state index contributed by atoms with van der Waals surface area (Å²) >= 11 is 0. The van der Waals surface area contributed by atoms with Crippen molar-refractivity contribution < 1.29 is 14.5 Å². The topological polar surface area (TPSA) is 43.0 Å². The third kappa shape index (κ3) is 4.26. The van der Waals surface area contributed by atoms with Crippen LogP contribution in [0.15, 0.2) is 54.6 Å². The van der Waals surface area contributed by atoms with Gasteiger partial charge in [-0.3, -0.25) is 0 Å². The van der Waals surface area contributed by atoms with E-state index in [1.165, 1.54) is 5.69 Å². The molecule has 1 unspecified atom stereocenters. The molecule has 1 N–H and O–H groups in total. The Morgan fingerprint density at radius 1 is 1.00 bits per heavy atom. The number of hydrogen-bond donors (Lipinski definition) is 1. The van der Waals surface area contributed by atoms with Gasteiger partial charge < -0.3 is 15.0 Å². The van der Waals surface area contributed by atoms with Gasteiger partial charge in [0, 0.05) is 13.2 Å². The first-order chi connectivity index (χ1) is 11.9. The predicted molar refractivity (Wildman–Crippen MR) is 94.9 cm³/mol. The van der Waals surface area contributed by atoms with E-state index in [0.29, 0.717) is 19.8 Å². The van der Waals surface area contributed by atoms with Crippen LogP contribution in [0.1, 0.15) is 12.5 Å². The van der Waals surface area contributed by atoms with Crippen molar-refractivity contribution in [1.29, 1.82) is 0 Å². The number of nitrogens with zero attached hydrogens (tertiary/aromatic N) is 1. The summed E-state index contributed by atoms with van der Waals surface area (Å²) in [4.78, 5) is 13.1. The largest absolute Gasteiger partial charge is 0.380 e. The molecule has 1 aliphatic heterocycles. The number of benzene rings is 2. The lowest BCUT2D eigenvalue weighted by Crippen LogP contribution is -2.41. The van der Waals surface area contributed by atoms with E-state index in [-0.39, 0.29) is 6.17 Å². The zero-order chi connectivity index (χ0) is 16.6. The van der Waals surface area contributed by atoms with Gasteiger partial charge in [-0.1, -0.05) is 42.5 Å². The second kappa shape index (κ2) is 8.68. The molecule has 0 amide bonds. The van der Waals surface area contributed by atoms with Crippen molar-refractivity contribution in [3.8, 4) is 0 Å². The first-order valence-corrected chi connectivity index (χ1v) is 8.37. The van der Waals surface area contributed by atoms with Gasteiger partial charge >= 0.3 is 0 Å². The number of para-hydroxylation sites is 2. The molecule has 0 spiro atoms. The number of nitrogens with one attached hydrogen (secondary N) is 1. The molecular weight excluding hydrogens is 304 g/mol. The smallest absolute Gasteiger partial charge is 0.126 e. The highest BCUT2D eigenvalue weighted by Crippen LogP contribution is 2.33. The van der Waals surface area contributed by atoms with Crippen LogP contribution in [0.2, 0.25) is 0 Å². The predicted octanol–water partition coefficient (Wildman–Crippen LogP) is 3.43. The average Bonchev–Trinajstić information content (AvgIpc) is 2.98. The second-order valence-electron chi connectivity index (χ2n) is 5.60. The highest BCUT2D eigenvalue weighted by molar-refractivity contribution is 5.75. The van der Waals surface area contributed by atoms with Crippen LogP contribution in [0, 0.1) is 0 Å². The zero-order valence-electron chi connectivity index (χ0n) is 14.0. The Labute approximate surface area is 143 Å². The molecule has 3 rings (SSSR count). The highest BCUT2D eigenvalue weighted by Gasteiger charge is 2.28. The Hall–Kier alpha value is -2.08. The van der Waals surface area contributed by atoms with E-state index in [1.807, 2.05) is 49.4 Å². The van der Waals surface area contributed by atoms with Gasteiger partial charge in [-0.25, -0.2) is 9.78 Å². The van der Waals surface area contributed by atoms with E-state index in [4.69, 9.17) is 14.5 Å². The van der Waals surface area contributed by atoms with Gasteiger partial charge in [0.15, 0.2) is 0 Å². The number of fused-ring (bicyclic) bond motifs is 1. The molecular formula is C19H24N2O3. The van der Waals surface area contributed by atoms with Crippen LogP contribution in [-0.2, 0) is 21.1 Å². The normalized spacial score (nSPS) is 16.0. The summed E-state index contributed by atoms with van der Waals surface area (Å²) in [7, 11) is 0. The van der Waals surface area contributed by atoms with Gasteiger partial charge in [0.2, 0.25) is 0 Å². The van der Waals surface area contributed by atoms with Crippen molar-refractivity contribution in [3.05, 3.63) is 60.2 Å². The first kappa shape index (κ1) is 16.8. The highest BCUT2D eigenvalue weighted by atomic mass is 17.2. The lowest BCUT2D eigenvalue weighted by Gasteiger charge is -2.26. The van der Waals surface area contributed by atoms with Crippen LogP contribution < -0.4 is 10.2 Å². The molecule has 1 aliphatic rings. The standard InChI is InChI=1S/C19H24N2O3/c1-2-22-13-12-21-18-11-7-6-10-17(18)20-19(21)15-24-23-14-16-8-4-3-5-9-16/h3-11,19-20H,2,12-15H2,1H3. The van der Waals surface area contributed by atoms with E-state index >= 15 is 0 Å². The molecule has 1 atom stereocenters. The molecule has 2 aromatic carbocycles. The Morgan fingerprint density at radius 2 is 1.79 bits per heavy atom. The molecule has 0 aliphatic carbocycles. The molecule has 0 aromatic heterocycles. The van der Waals surface area contributed by atoms with Crippen LogP contribution in [0.3, 0.4) is 0 Å². The monoisotopic (exact) mass is 328 g/mol. The molecule has 1 heterocycles. The molecule has 2 aromatic rings. The van der Waals surface area contributed by atoms with Crippen molar-refractivity contribution in [3.63, 3.8) is 0 Å². The van der Waals surface area contributed by atoms with Crippen molar-refractivity contribution in [2.24, 2.45) is 0 Å². The Bertz CT molecular complexity index is 621. The third-order valence-corrected chi connectivity index (χ3v) is 3.97. The van der Waals surface area contributed by atoms with E-state index < -0.39 is 0 Å². The third-order valence-electron chi connectivity index (χ3n) is 3.97. The number of ether oxygens (including phenoxy) is 1. The summed E-state index contributed by atoms with van der Waals surface area (Å²) < 4.78 is 5.50. The maximum absolute atomic E-state index is 5.50. The number of rotatable bonds is 9. The van der Waals surface area contributed by atoms with Crippen LogP contribution in [0.5, 0.6) is 0 Å². The van der Waals surface area contributed by atoms with E-state index in [2.05, 4.69) is 22.3 Å². The molecule has 0 fully saturated rings. The SMILES string of the molecule is CCOCCN1c2ccccc2NC1COOCc1ccccc1. The molecule has 5 heteroatoms. The number of anilines is 2. The van der Waals surface area contributed by atoms with Crippen molar-refractivity contribution >= 4 is 11.4 Å². The second-order valence-corrected chi connectivity index (χ2v) is 5.60. The molecule has 0 saturated carbocycles. The Morgan fingerprint density at radius 3 is 2.62 bits per heavy atom. The molecule has 0 saturated heterocycles. The molecule has 5 nitrogen and oxygen atoms in total. The summed E-state index contributed by atoms with van der Waals surface area (Å²) in [5, 5.41) is 3.48. The fraction of sp³-hybridized carbons (Fsp3) is 0.368. The molecule has 128 valence electrons. The lowest BCUT2D eigenvalue weighted by molar-refractivity contribution is -0.305. The minimum Gasteiger partial charge on any atom is -0.380 e. The van der Waals surface area contributed by atoms with Crippen molar-refractivity contribution in [1.82, 2.24) is 0 Å². The summed E-state index contributed by atoms with van der Waals surface area (Å²) in [6.45, 7) is 5.12. The van der Waals surface area contributed by atoms with E-state index in [1.54, 1.807) is 0 Å². The summed E-state index contributed by atoms with van der Waals surface area (Å²) in [6.07, 6.45) is 0.0404. The maximum Gasteiger partial charge on any atom is 0.126 e. The molecule has 0 radical (unpaired) electrons. The Kier molecular flexibility index (Phi) is 6.07. The zero-order valence-corrected chi connectivity index (χ0v) is 14.0. The van der Waals surface area contributed by atoms with Gasteiger partial charge in [0.1, 0.15) is 19.4 Å². The van der Waals surface area contributed by atoms with Crippen LogP contribution >= 0.6 is 0 Å². The van der Waals surface area contributed by atoms with Crippen LogP contribution in [0.4, 0.5) is 11.4 Å². The van der Waals surface area contributed by atoms with Gasteiger partial charge in [0.05, 0.1) is 18.0 Å². The summed E-state index contributed by atoms with van der Waals surface area (Å²) in [5.41, 5.74) is 3.38. The minimum atomic E-state index is 0.0404. The minimum absolute atomic E-state index is 0.0404. The molecule has 0 bridgehead atoms. The summed E-state index contributed by atoms with van der Waals surface area (Å²) in [6, 6.07) is 18.3. The van der Waals surface area contributed by atoms with E-state index in [9.17, 15) is 0 Å². The van der Waals surface area contributed by atoms with Crippen LogP contribution in [0.25, 0.3) is 0 Å².